The standard InChI is InChI=1S/C40H78N2O4/c1-5-7-9-11-13-15-17-19-21-23-25-27-29-31-33-41-38(43)35-42(34-37-36-45-40(3,4)46-37)39(44)32-30-28-26-24-22-20-18-16-14-12-10-8-6-2/h37H,5-36H2,1-4H3,(H,41,43). The van der Waals surface area contributed by atoms with Crippen LogP contribution in [0.5, 0.6) is 0 Å². The van der Waals surface area contributed by atoms with Crippen LogP contribution in [0, 0.1) is 0 Å². The van der Waals surface area contributed by atoms with Gasteiger partial charge in [0.05, 0.1) is 13.2 Å². The minimum Gasteiger partial charge on any atom is -0.355 e. The van der Waals surface area contributed by atoms with Crippen molar-refractivity contribution in [1.82, 2.24) is 10.2 Å². The maximum atomic E-state index is 13.2. The van der Waals surface area contributed by atoms with Crippen LogP contribution >= 0.6 is 0 Å². The molecule has 272 valence electrons. The maximum Gasteiger partial charge on any atom is 0.239 e. The van der Waals surface area contributed by atoms with Crippen molar-refractivity contribution in [3.05, 3.63) is 0 Å². The quantitative estimate of drug-likeness (QED) is 0.0718. The highest BCUT2D eigenvalue weighted by atomic mass is 16.7. The topological polar surface area (TPSA) is 67.9 Å². The molecule has 1 heterocycles. The van der Waals surface area contributed by atoms with Crippen molar-refractivity contribution in [3.63, 3.8) is 0 Å². The first kappa shape index (κ1) is 42.9. The van der Waals surface area contributed by atoms with Crippen LogP contribution in [0.1, 0.15) is 207 Å². The number of hydrogen-bond acceptors (Lipinski definition) is 4. The van der Waals surface area contributed by atoms with Gasteiger partial charge in [-0.15, -0.1) is 0 Å². The average Bonchev–Trinajstić information content (AvgIpc) is 3.38. The third-order valence-electron chi connectivity index (χ3n) is 9.53. The van der Waals surface area contributed by atoms with Crippen molar-refractivity contribution >= 4 is 11.8 Å². The zero-order valence-electron chi connectivity index (χ0n) is 31.3. The molecule has 0 bridgehead atoms. The molecule has 6 heteroatoms. The second-order valence-corrected chi connectivity index (χ2v) is 14.7. The van der Waals surface area contributed by atoms with Crippen LogP contribution < -0.4 is 5.32 Å². The van der Waals surface area contributed by atoms with Crippen LogP contribution in [-0.4, -0.2) is 54.8 Å². The van der Waals surface area contributed by atoms with Crippen LogP contribution in [-0.2, 0) is 19.1 Å². The smallest absolute Gasteiger partial charge is 0.239 e. The summed E-state index contributed by atoms with van der Waals surface area (Å²) in [5, 5.41) is 3.07. The summed E-state index contributed by atoms with van der Waals surface area (Å²) < 4.78 is 11.7. The van der Waals surface area contributed by atoms with E-state index in [-0.39, 0.29) is 24.5 Å². The third kappa shape index (κ3) is 25.9. The molecule has 0 aromatic heterocycles. The number of amides is 2. The molecule has 46 heavy (non-hydrogen) atoms. The van der Waals surface area contributed by atoms with E-state index in [2.05, 4.69) is 19.2 Å². The van der Waals surface area contributed by atoms with Gasteiger partial charge in [-0.25, -0.2) is 0 Å². The van der Waals surface area contributed by atoms with Crippen molar-refractivity contribution in [2.24, 2.45) is 0 Å². The lowest BCUT2D eigenvalue weighted by atomic mass is 10.0. The molecule has 0 radical (unpaired) electrons. The van der Waals surface area contributed by atoms with E-state index in [4.69, 9.17) is 9.47 Å². The summed E-state index contributed by atoms with van der Waals surface area (Å²) in [6.07, 6.45) is 35.6. The number of ether oxygens (including phenoxy) is 2. The van der Waals surface area contributed by atoms with Crippen LogP contribution in [0.15, 0.2) is 0 Å². The zero-order chi connectivity index (χ0) is 33.6. The van der Waals surface area contributed by atoms with Crippen LogP contribution in [0.2, 0.25) is 0 Å². The minimum absolute atomic E-state index is 0.0584. The normalized spacial score (nSPS) is 15.8. The van der Waals surface area contributed by atoms with Crippen molar-refractivity contribution < 1.29 is 19.1 Å². The second-order valence-electron chi connectivity index (χ2n) is 14.7. The van der Waals surface area contributed by atoms with Gasteiger partial charge in [-0.05, 0) is 26.7 Å². The molecule has 1 saturated heterocycles. The molecule has 0 aromatic carbocycles. The number of carbonyl (C=O) groups is 2. The summed E-state index contributed by atoms with van der Waals surface area (Å²) in [5.41, 5.74) is 0. The monoisotopic (exact) mass is 651 g/mol. The van der Waals surface area contributed by atoms with Crippen LogP contribution in [0.4, 0.5) is 0 Å². The van der Waals surface area contributed by atoms with E-state index in [1.54, 1.807) is 4.90 Å². The van der Waals surface area contributed by atoms with Gasteiger partial charge in [0.15, 0.2) is 5.79 Å². The molecule has 0 spiro atoms. The highest BCUT2D eigenvalue weighted by Crippen LogP contribution is 2.23. The molecule has 1 atom stereocenters. The number of unbranched alkanes of at least 4 members (excludes halogenated alkanes) is 25. The maximum absolute atomic E-state index is 13.2. The number of carbonyl (C=O) groups excluding carboxylic acids is 2. The fourth-order valence-electron chi connectivity index (χ4n) is 6.58. The zero-order valence-corrected chi connectivity index (χ0v) is 31.3. The highest BCUT2D eigenvalue weighted by Gasteiger charge is 2.34. The first-order valence-electron chi connectivity index (χ1n) is 20.2. The van der Waals surface area contributed by atoms with E-state index < -0.39 is 5.79 Å². The van der Waals surface area contributed by atoms with Crippen LogP contribution in [0.25, 0.3) is 0 Å². The molecular formula is C40H78N2O4. The van der Waals surface area contributed by atoms with Crippen molar-refractivity contribution in [2.75, 3.05) is 26.2 Å². The number of hydrogen-bond donors (Lipinski definition) is 1. The third-order valence-corrected chi connectivity index (χ3v) is 9.53. The fraction of sp³-hybridized carbons (Fsp3) is 0.950. The Balaban J connectivity index is 2.16. The summed E-state index contributed by atoms with van der Waals surface area (Å²) in [6, 6.07) is 0. The number of nitrogens with one attached hydrogen (secondary N) is 1. The Morgan fingerprint density at radius 2 is 1.00 bits per heavy atom. The molecule has 1 fully saturated rings. The molecule has 6 nitrogen and oxygen atoms in total. The van der Waals surface area contributed by atoms with Crippen molar-refractivity contribution in [2.45, 2.75) is 219 Å². The first-order valence-corrected chi connectivity index (χ1v) is 20.2. The molecule has 0 saturated carbocycles. The molecule has 1 aliphatic rings. The van der Waals surface area contributed by atoms with E-state index in [1.807, 2.05) is 13.8 Å². The Bertz CT molecular complexity index is 713. The largest absolute Gasteiger partial charge is 0.355 e. The van der Waals surface area contributed by atoms with Gasteiger partial charge >= 0.3 is 0 Å². The van der Waals surface area contributed by atoms with Gasteiger partial charge < -0.3 is 19.7 Å². The van der Waals surface area contributed by atoms with Gasteiger partial charge in [0.2, 0.25) is 11.8 Å². The molecule has 0 aliphatic carbocycles. The van der Waals surface area contributed by atoms with Gasteiger partial charge in [0.1, 0.15) is 6.10 Å². The van der Waals surface area contributed by atoms with E-state index in [0.717, 1.165) is 25.7 Å². The predicted octanol–water partition coefficient (Wildman–Crippen LogP) is 11.0. The Morgan fingerprint density at radius 1 is 0.609 bits per heavy atom. The fourth-order valence-corrected chi connectivity index (χ4v) is 6.58. The summed E-state index contributed by atoms with van der Waals surface area (Å²) in [5.74, 6) is -0.639. The van der Waals surface area contributed by atoms with Crippen molar-refractivity contribution in [1.29, 1.82) is 0 Å². The van der Waals surface area contributed by atoms with Gasteiger partial charge in [0.25, 0.3) is 0 Å². The van der Waals surface area contributed by atoms with Gasteiger partial charge in [-0.3, -0.25) is 9.59 Å². The molecule has 1 aliphatic heterocycles. The minimum atomic E-state index is -0.634. The van der Waals surface area contributed by atoms with Crippen LogP contribution in [0.3, 0.4) is 0 Å². The Kier molecular flexibility index (Phi) is 27.9. The van der Waals surface area contributed by atoms with Gasteiger partial charge in [0, 0.05) is 19.5 Å². The molecule has 2 amide bonds. The lowest BCUT2D eigenvalue weighted by molar-refractivity contribution is -0.148. The highest BCUT2D eigenvalue weighted by molar-refractivity contribution is 5.84. The van der Waals surface area contributed by atoms with E-state index >= 15 is 0 Å². The Labute approximate surface area is 286 Å². The predicted molar refractivity (Wildman–Crippen MR) is 195 cm³/mol. The summed E-state index contributed by atoms with van der Waals surface area (Å²) in [7, 11) is 0. The van der Waals surface area contributed by atoms with E-state index in [1.165, 1.54) is 148 Å². The summed E-state index contributed by atoms with van der Waals surface area (Å²) in [4.78, 5) is 27.7. The lowest BCUT2D eigenvalue weighted by Crippen LogP contribution is -2.45. The molecule has 0 aromatic rings. The molecule has 1 N–H and O–H groups in total. The Morgan fingerprint density at radius 3 is 1.39 bits per heavy atom. The molecule has 1 unspecified atom stereocenters. The molecular weight excluding hydrogens is 572 g/mol. The van der Waals surface area contributed by atoms with E-state index in [9.17, 15) is 9.59 Å². The van der Waals surface area contributed by atoms with Gasteiger partial charge in [-0.1, -0.05) is 174 Å². The summed E-state index contributed by atoms with van der Waals surface area (Å²) >= 11 is 0. The number of rotatable bonds is 33. The second kappa shape index (κ2) is 30.0. The SMILES string of the molecule is CCCCCCCCCCCCCCCCNC(=O)CN(CC1COC(C)(C)O1)C(=O)CCCCCCCCCCCCCCC. The first-order chi connectivity index (χ1) is 22.4. The Hall–Kier alpha value is -1.14. The molecule has 1 rings (SSSR count). The lowest BCUT2D eigenvalue weighted by Gasteiger charge is -2.25. The van der Waals surface area contributed by atoms with Gasteiger partial charge in [-0.2, -0.15) is 0 Å². The van der Waals surface area contributed by atoms with E-state index in [0.29, 0.717) is 26.1 Å². The van der Waals surface area contributed by atoms with Crippen molar-refractivity contribution in [3.8, 4) is 0 Å². The number of nitrogens with zero attached hydrogens (tertiary/aromatic N) is 1. The average molecular weight is 651 g/mol. The summed E-state index contributed by atoms with van der Waals surface area (Å²) in [6.45, 7) is 10.0.